The molecule has 0 amide bonds. The van der Waals surface area contributed by atoms with E-state index in [0.717, 1.165) is 36.3 Å². The number of aryl methyl sites for hydroxylation is 1. The third-order valence-electron chi connectivity index (χ3n) is 3.07. The predicted octanol–water partition coefficient (Wildman–Crippen LogP) is 5.03. The van der Waals surface area contributed by atoms with Crippen molar-refractivity contribution in [1.82, 2.24) is 5.32 Å². The minimum atomic E-state index is 0.661. The topological polar surface area (TPSA) is 21.3 Å². The van der Waals surface area contributed by atoms with Crippen molar-refractivity contribution in [2.75, 3.05) is 24.7 Å². The zero-order chi connectivity index (χ0) is 15.7. The highest BCUT2D eigenvalue weighted by Crippen LogP contribution is 2.28. The van der Waals surface area contributed by atoms with Gasteiger partial charge in [-0.25, -0.2) is 0 Å². The van der Waals surface area contributed by atoms with Crippen LogP contribution in [-0.2, 0) is 6.54 Å². The SMILES string of the molecule is CCSCCCOc1c(C)cc(Br)cc1CNCC(C)C. The summed E-state index contributed by atoms with van der Waals surface area (Å²) in [6, 6.07) is 4.29. The first-order valence-corrected chi connectivity index (χ1v) is 9.69. The van der Waals surface area contributed by atoms with E-state index in [-0.39, 0.29) is 0 Å². The second kappa shape index (κ2) is 10.5. The normalized spacial score (nSPS) is 11.1. The molecule has 0 saturated carbocycles. The number of ether oxygens (including phenoxy) is 1. The van der Waals surface area contributed by atoms with Gasteiger partial charge in [0.2, 0.25) is 0 Å². The van der Waals surface area contributed by atoms with Crippen molar-refractivity contribution in [3.8, 4) is 5.75 Å². The van der Waals surface area contributed by atoms with Gasteiger partial charge < -0.3 is 10.1 Å². The van der Waals surface area contributed by atoms with Crippen LogP contribution in [0.15, 0.2) is 16.6 Å². The Morgan fingerprint density at radius 1 is 1.33 bits per heavy atom. The Labute approximate surface area is 142 Å². The maximum atomic E-state index is 6.05. The standard InChI is InChI=1S/C17H28BrNOS/c1-5-21-8-6-7-20-17-14(4)9-16(18)10-15(17)12-19-11-13(2)3/h9-10,13,19H,5-8,11-12H2,1-4H3. The molecule has 1 aromatic rings. The molecule has 0 spiro atoms. The van der Waals surface area contributed by atoms with E-state index in [1.165, 1.54) is 22.6 Å². The fraction of sp³-hybridized carbons (Fsp3) is 0.647. The quantitative estimate of drug-likeness (QED) is 0.581. The van der Waals surface area contributed by atoms with E-state index in [2.05, 4.69) is 61.1 Å². The summed E-state index contributed by atoms with van der Waals surface area (Å²) in [6.07, 6.45) is 1.10. The predicted molar refractivity (Wildman–Crippen MR) is 98.5 cm³/mol. The zero-order valence-corrected chi connectivity index (χ0v) is 16.1. The maximum Gasteiger partial charge on any atom is 0.126 e. The average molecular weight is 374 g/mol. The van der Waals surface area contributed by atoms with E-state index >= 15 is 0 Å². The van der Waals surface area contributed by atoms with E-state index in [1.54, 1.807) is 0 Å². The number of benzene rings is 1. The minimum absolute atomic E-state index is 0.661. The van der Waals surface area contributed by atoms with Crippen molar-refractivity contribution < 1.29 is 4.74 Å². The molecule has 120 valence electrons. The minimum Gasteiger partial charge on any atom is -0.493 e. The molecule has 4 heteroatoms. The summed E-state index contributed by atoms with van der Waals surface area (Å²) in [7, 11) is 0. The Hall–Kier alpha value is -0.190. The molecule has 0 aliphatic carbocycles. The molecule has 0 unspecified atom stereocenters. The summed E-state index contributed by atoms with van der Waals surface area (Å²) in [6.45, 7) is 11.4. The van der Waals surface area contributed by atoms with Crippen LogP contribution in [-0.4, -0.2) is 24.7 Å². The molecule has 0 radical (unpaired) electrons. The van der Waals surface area contributed by atoms with Crippen LogP contribution in [0.4, 0.5) is 0 Å². The molecular formula is C17H28BrNOS. The molecule has 0 atom stereocenters. The second-order valence-electron chi connectivity index (χ2n) is 5.63. The highest BCUT2D eigenvalue weighted by atomic mass is 79.9. The van der Waals surface area contributed by atoms with E-state index in [4.69, 9.17) is 4.74 Å². The highest BCUT2D eigenvalue weighted by Gasteiger charge is 2.09. The third kappa shape index (κ3) is 7.57. The fourth-order valence-electron chi connectivity index (χ4n) is 2.11. The molecule has 0 saturated heterocycles. The van der Waals surface area contributed by atoms with E-state index in [0.29, 0.717) is 5.92 Å². The van der Waals surface area contributed by atoms with Crippen LogP contribution in [0, 0.1) is 12.8 Å². The van der Waals surface area contributed by atoms with Crippen LogP contribution in [0.3, 0.4) is 0 Å². The van der Waals surface area contributed by atoms with Gasteiger partial charge in [0.15, 0.2) is 0 Å². The number of hydrogen-bond donors (Lipinski definition) is 1. The lowest BCUT2D eigenvalue weighted by Gasteiger charge is -2.16. The Kier molecular flexibility index (Phi) is 9.45. The Morgan fingerprint density at radius 3 is 2.76 bits per heavy atom. The van der Waals surface area contributed by atoms with Crippen LogP contribution in [0.5, 0.6) is 5.75 Å². The van der Waals surface area contributed by atoms with Gasteiger partial charge in [-0.2, -0.15) is 11.8 Å². The fourth-order valence-corrected chi connectivity index (χ4v) is 3.34. The van der Waals surface area contributed by atoms with Gasteiger partial charge in [-0.15, -0.1) is 0 Å². The first-order chi connectivity index (χ1) is 10.0. The number of rotatable bonds is 10. The molecular weight excluding hydrogens is 346 g/mol. The molecule has 1 N–H and O–H groups in total. The monoisotopic (exact) mass is 373 g/mol. The van der Waals surface area contributed by atoms with Crippen molar-refractivity contribution in [2.45, 2.75) is 40.7 Å². The van der Waals surface area contributed by atoms with Gasteiger partial charge in [0, 0.05) is 16.6 Å². The number of thioether (sulfide) groups is 1. The molecule has 0 aliphatic heterocycles. The lowest BCUT2D eigenvalue weighted by atomic mass is 10.1. The van der Waals surface area contributed by atoms with Crippen LogP contribution in [0.2, 0.25) is 0 Å². The number of halogens is 1. The van der Waals surface area contributed by atoms with E-state index < -0.39 is 0 Å². The van der Waals surface area contributed by atoms with Crippen LogP contribution in [0.1, 0.15) is 38.3 Å². The second-order valence-corrected chi connectivity index (χ2v) is 7.94. The summed E-state index contributed by atoms with van der Waals surface area (Å²) in [4.78, 5) is 0. The lowest BCUT2D eigenvalue weighted by Crippen LogP contribution is -2.19. The van der Waals surface area contributed by atoms with Crippen molar-refractivity contribution >= 4 is 27.7 Å². The van der Waals surface area contributed by atoms with Gasteiger partial charge in [-0.3, -0.25) is 0 Å². The summed E-state index contributed by atoms with van der Waals surface area (Å²) >= 11 is 5.56. The third-order valence-corrected chi connectivity index (χ3v) is 4.51. The van der Waals surface area contributed by atoms with E-state index in [1.807, 2.05) is 11.8 Å². The van der Waals surface area contributed by atoms with E-state index in [9.17, 15) is 0 Å². The molecule has 0 bridgehead atoms. The molecule has 0 aromatic heterocycles. The van der Waals surface area contributed by atoms with Crippen LogP contribution in [0.25, 0.3) is 0 Å². The first-order valence-electron chi connectivity index (χ1n) is 7.74. The molecule has 1 aromatic carbocycles. The smallest absolute Gasteiger partial charge is 0.126 e. The highest BCUT2D eigenvalue weighted by molar-refractivity contribution is 9.10. The van der Waals surface area contributed by atoms with Crippen molar-refractivity contribution in [2.24, 2.45) is 5.92 Å². The largest absolute Gasteiger partial charge is 0.493 e. The first kappa shape index (κ1) is 18.9. The summed E-state index contributed by atoms with van der Waals surface area (Å²) < 4.78 is 7.17. The van der Waals surface area contributed by atoms with Crippen LogP contribution >= 0.6 is 27.7 Å². The van der Waals surface area contributed by atoms with Gasteiger partial charge >= 0.3 is 0 Å². The summed E-state index contributed by atoms with van der Waals surface area (Å²) in [5, 5.41) is 3.50. The van der Waals surface area contributed by atoms with Crippen LogP contribution < -0.4 is 10.1 Å². The summed E-state index contributed by atoms with van der Waals surface area (Å²) in [5.41, 5.74) is 2.44. The maximum absolute atomic E-state index is 6.05. The Balaban J connectivity index is 2.62. The number of nitrogens with one attached hydrogen (secondary N) is 1. The van der Waals surface area contributed by atoms with Gasteiger partial charge in [0.25, 0.3) is 0 Å². The van der Waals surface area contributed by atoms with Gasteiger partial charge in [-0.1, -0.05) is 36.7 Å². The summed E-state index contributed by atoms with van der Waals surface area (Å²) in [5.74, 6) is 4.07. The van der Waals surface area contributed by atoms with Gasteiger partial charge in [-0.05, 0) is 55.0 Å². The molecule has 21 heavy (non-hydrogen) atoms. The van der Waals surface area contributed by atoms with Crippen molar-refractivity contribution in [3.63, 3.8) is 0 Å². The molecule has 0 heterocycles. The van der Waals surface area contributed by atoms with Crippen molar-refractivity contribution in [1.29, 1.82) is 0 Å². The molecule has 0 fully saturated rings. The van der Waals surface area contributed by atoms with Crippen molar-refractivity contribution in [3.05, 3.63) is 27.7 Å². The van der Waals surface area contributed by atoms with Gasteiger partial charge in [0.1, 0.15) is 5.75 Å². The average Bonchev–Trinajstić information content (AvgIpc) is 2.40. The Bertz CT molecular complexity index is 423. The number of hydrogen-bond acceptors (Lipinski definition) is 3. The lowest BCUT2D eigenvalue weighted by molar-refractivity contribution is 0.312. The Morgan fingerprint density at radius 2 is 2.10 bits per heavy atom. The zero-order valence-electron chi connectivity index (χ0n) is 13.7. The van der Waals surface area contributed by atoms with Gasteiger partial charge in [0.05, 0.1) is 6.61 Å². The molecule has 2 nitrogen and oxygen atoms in total. The molecule has 0 aliphatic rings. The molecule has 1 rings (SSSR count).